The molecule has 0 spiro atoms. The molecule has 1 N–H and O–H groups in total. The molecule has 0 aliphatic carbocycles. The van der Waals surface area contributed by atoms with Crippen LogP contribution in [0.5, 0.6) is 0 Å². The maximum Gasteiger partial charge on any atom is 0.238 e. The minimum atomic E-state index is -0.304. The van der Waals surface area contributed by atoms with Gasteiger partial charge in [-0.2, -0.15) is 0 Å². The molecule has 0 unspecified atom stereocenters. The van der Waals surface area contributed by atoms with Crippen molar-refractivity contribution in [2.45, 2.75) is 13.5 Å². The van der Waals surface area contributed by atoms with Crippen molar-refractivity contribution >= 4 is 17.5 Å². The Balaban J connectivity index is 1.79. The average Bonchev–Trinajstić information content (AvgIpc) is 2.58. The maximum absolute atomic E-state index is 12.9. The number of carbonyl (C=O) groups excluding carboxylic acids is 2. The standard InChI is InChI=1S/C20H24FN3O2/c1-15-4-10-18(11-5-15)22-19(25)13-23(2)14-20(26)24(3)12-16-6-8-17(21)9-7-16/h4-11H,12-14H2,1-3H3,(H,22,25). The van der Waals surface area contributed by atoms with Gasteiger partial charge in [-0.25, -0.2) is 4.39 Å². The van der Waals surface area contributed by atoms with Gasteiger partial charge in [0.15, 0.2) is 0 Å². The van der Waals surface area contributed by atoms with Crippen LogP contribution in [0.4, 0.5) is 10.1 Å². The third kappa shape index (κ3) is 6.29. The van der Waals surface area contributed by atoms with Crippen molar-refractivity contribution in [3.63, 3.8) is 0 Å². The Morgan fingerprint density at radius 1 is 0.962 bits per heavy atom. The zero-order valence-electron chi connectivity index (χ0n) is 15.3. The minimum Gasteiger partial charge on any atom is -0.340 e. The van der Waals surface area contributed by atoms with E-state index in [1.54, 1.807) is 36.0 Å². The molecule has 0 aliphatic heterocycles. The molecule has 138 valence electrons. The van der Waals surface area contributed by atoms with E-state index in [0.717, 1.165) is 16.8 Å². The van der Waals surface area contributed by atoms with Gasteiger partial charge < -0.3 is 10.2 Å². The molecule has 0 bridgehead atoms. The molecule has 0 atom stereocenters. The molecule has 2 amide bonds. The zero-order valence-corrected chi connectivity index (χ0v) is 15.3. The van der Waals surface area contributed by atoms with E-state index in [1.165, 1.54) is 12.1 Å². The van der Waals surface area contributed by atoms with E-state index < -0.39 is 0 Å². The summed E-state index contributed by atoms with van der Waals surface area (Å²) in [5, 5.41) is 2.81. The second kappa shape index (κ2) is 9.10. The summed E-state index contributed by atoms with van der Waals surface area (Å²) in [5.41, 5.74) is 2.70. The summed E-state index contributed by atoms with van der Waals surface area (Å²) >= 11 is 0. The molecule has 2 aromatic carbocycles. The largest absolute Gasteiger partial charge is 0.340 e. The van der Waals surface area contributed by atoms with Gasteiger partial charge in [-0.05, 0) is 43.8 Å². The molecule has 26 heavy (non-hydrogen) atoms. The van der Waals surface area contributed by atoms with Gasteiger partial charge in [0.05, 0.1) is 13.1 Å². The highest BCUT2D eigenvalue weighted by Crippen LogP contribution is 2.09. The first-order valence-electron chi connectivity index (χ1n) is 8.37. The quantitative estimate of drug-likeness (QED) is 0.829. The summed E-state index contributed by atoms with van der Waals surface area (Å²) in [6.07, 6.45) is 0. The number of anilines is 1. The molecular weight excluding hydrogens is 333 g/mol. The van der Waals surface area contributed by atoms with Crippen molar-refractivity contribution in [3.05, 3.63) is 65.5 Å². The number of likely N-dealkylation sites (N-methyl/N-ethyl adjacent to an activating group) is 2. The molecular formula is C20H24FN3O2. The summed E-state index contributed by atoms with van der Waals surface area (Å²) in [5.74, 6) is -0.590. The molecule has 0 fully saturated rings. The van der Waals surface area contributed by atoms with Crippen LogP contribution in [-0.4, -0.2) is 48.8 Å². The minimum absolute atomic E-state index is 0.111. The van der Waals surface area contributed by atoms with Crippen molar-refractivity contribution in [1.29, 1.82) is 0 Å². The Kier molecular flexibility index (Phi) is 6.86. The van der Waals surface area contributed by atoms with Gasteiger partial charge in [0, 0.05) is 19.3 Å². The first kappa shape index (κ1) is 19.6. The van der Waals surface area contributed by atoms with E-state index in [0.29, 0.717) is 6.54 Å². The van der Waals surface area contributed by atoms with E-state index >= 15 is 0 Å². The van der Waals surface area contributed by atoms with Crippen LogP contribution >= 0.6 is 0 Å². The normalized spacial score (nSPS) is 10.7. The number of nitrogens with zero attached hydrogens (tertiary/aromatic N) is 2. The number of carbonyl (C=O) groups is 2. The van der Waals surface area contributed by atoms with Gasteiger partial charge in [-0.1, -0.05) is 29.8 Å². The fraction of sp³-hybridized carbons (Fsp3) is 0.300. The van der Waals surface area contributed by atoms with Crippen LogP contribution in [0.15, 0.2) is 48.5 Å². The third-order valence-electron chi connectivity index (χ3n) is 3.91. The fourth-order valence-corrected chi connectivity index (χ4v) is 2.44. The molecule has 0 saturated carbocycles. The fourth-order valence-electron chi connectivity index (χ4n) is 2.44. The molecule has 0 heterocycles. The van der Waals surface area contributed by atoms with Crippen LogP contribution in [0.25, 0.3) is 0 Å². The number of rotatable bonds is 7. The summed E-state index contributed by atoms with van der Waals surface area (Å²) in [6, 6.07) is 13.6. The number of aryl methyl sites for hydroxylation is 1. The molecule has 0 radical (unpaired) electrons. The van der Waals surface area contributed by atoms with E-state index in [1.807, 2.05) is 31.2 Å². The van der Waals surface area contributed by atoms with Crippen LogP contribution in [-0.2, 0) is 16.1 Å². The summed E-state index contributed by atoms with van der Waals surface area (Å²) in [4.78, 5) is 27.6. The molecule has 5 nitrogen and oxygen atoms in total. The van der Waals surface area contributed by atoms with Gasteiger partial charge in [-0.3, -0.25) is 14.5 Å². The molecule has 6 heteroatoms. The molecule has 0 saturated heterocycles. The lowest BCUT2D eigenvalue weighted by molar-refractivity contribution is -0.131. The smallest absolute Gasteiger partial charge is 0.238 e. The highest BCUT2D eigenvalue weighted by Gasteiger charge is 2.14. The van der Waals surface area contributed by atoms with Crippen LogP contribution in [0.2, 0.25) is 0 Å². The number of amides is 2. The topological polar surface area (TPSA) is 52.7 Å². The Morgan fingerprint density at radius 2 is 1.58 bits per heavy atom. The van der Waals surface area contributed by atoms with Crippen LogP contribution in [0, 0.1) is 12.7 Å². The number of hydrogen-bond acceptors (Lipinski definition) is 3. The second-order valence-corrected chi connectivity index (χ2v) is 6.46. The van der Waals surface area contributed by atoms with Crippen molar-refractivity contribution in [2.24, 2.45) is 0 Å². The number of nitrogens with one attached hydrogen (secondary N) is 1. The molecule has 2 rings (SSSR count). The highest BCUT2D eigenvalue weighted by atomic mass is 19.1. The third-order valence-corrected chi connectivity index (χ3v) is 3.91. The molecule has 0 aromatic heterocycles. The van der Waals surface area contributed by atoms with Gasteiger partial charge in [0.2, 0.25) is 11.8 Å². The molecule has 0 aliphatic rings. The monoisotopic (exact) mass is 357 g/mol. The van der Waals surface area contributed by atoms with Gasteiger partial charge >= 0.3 is 0 Å². The lowest BCUT2D eigenvalue weighted by Crippen LogP contribution is -2.39. The van der Waals surface area contributed by atoms with Crippen molar-refractivity contribution < 1.29 is 14.0 Å². The number of halogens is 1. The van der Waals surface area contributed by atoms with Crippen molar-refractivity contribution in [1.82, 2.24) is 9.80 Å². The first-order valence-corrected chi connectivity index (χ1v) is 8.37. The van der Waals surface area contributed by atoms with Crippen LogP contribution < -0.4 is 5.32 Å². The average molecular weight is 357 g/mol. The van der Waals surface area contributed by atoms with Crippen molar-refractivity contribution in [2.75, 3.05) is 32.5 Å². The van der Waals surface area contributed by atoms with E-state index in [9.17, 15) is 14.0 Å². The highest BCUT2D eigenvalue weighted by molar-refractivity contribution is 5.92. The number of hydrogen-bond donors (Lipinski definition) is 1. The lowest BCUT2D eigenvalue weighted by Gasteiger charge is -2.21. The van der Waals surface area contributed by atoms with Crippen molar-refractivity contribution in [3.8, 4) is 0 Å². The summed E-state index contributed by atoms with van der Waals surface area (Å²) in [7, 11) is 3.41. The van der Waals surface area contributed by atoms with Crippen LogP contribution in [0.1, 0.15) is 11.1 Å². The van der Waals surface area contributed by atoms with Gasteiger partial charge in [0.25, 0.3) is 0 Å². The Bertz CT molecular complexity index is 745. The number of benzene rings is 2. The Hall–Kier alpha value is -2.73. The predicted molar refractivity (Wildman–Crippen MR) is 100 cm³/mol. The van der Waals surface area contributed by atoms with Crippen LogP contribution in [0.3, 0.4) is 0 Å². The summed E-state index contributed by atoms with van der Waals surface area (Å²) in [6.45, 7) is 2.61. The first-order chi connectivity index (χ1) is 12.3. The predicted octanol–water partition coefficient (Wildman–Crippen LogP) is 2.66. The Labute approximate surface area is 153 Å². The second-order valence-electron chi connectivity index (χ2n) is 6.46. The van der Waals surface area contributed by atoms with E-state index in [-0.39, 0.29) is 30.7 Å². The SMILES string of the molecule is Cc1ccc(NC(=O)CN(C)CC(=O)N(C)Cc2ccc(F)cc2)cc1. The van der Waals surface area contributed by atoms with E-state index in [4.69, 9.17) is 0 Å². The van der Waals surface area contributed by atoms with E-state index in [2.05, 4.69) is 5.32 Å². The molecule has 2 aromatic rings. The van der Waals surface area contributed by atoms with Gasteiger partial charge in [0.1, 0.15) is 5.82 Å². The Morgan fingerprint density at radius 3 is 2.19 bits per heavy atom. The maximum atomic E-state index is 12.9. The zero-order chi connectivity index (χ0) is 19.1. The lowest BCUT2D eigenvalue weighted by atomic mass is 10.2. The van der Waals surface area contributed by atoms with Gasteiger partial charge in [-0.15, -0.1) is 0 Å². The summed E-state index contributed by atoms with van der Waals surface area (Å²) < 4.78 is 12.9.